The highest BCUT2D eigenvalue weighted by molar-refractivity contribution is 7.80. The number of amides is 2. The lowest BCUT2D eigenvalue weighted by molar-refractivity contribution is -0.137. The molecule has 6 nitrogen and oxygen atoms in total. The zero-order valence-corrected chi connectivity index (χ0v) is 20.3. The van der Waals surface area contributed by atoms with Gasteiger partial charge in [-0.2, -0.15) is 13.2 Å². The highest BCUT2D eigenvalue weighted by Crippen LogP contribution is 2.30. The van der Waals surface area contributed by atoms with Gasteiger partial charge in [0, 0.05) is 22.5 Å². The van der Waals surface area contributed by atoms with E-state index in [1.54, 1.807) is 36.4 Å². The number of benzene rings is 3. The zero-order chi connectivity index (χ0) is 26.3. The fourth-order valence-electron chi connectivity index (χ4n) is 2.98. The first-order valence-electron chi connectivity index (χ1n) is 10.9. The summed E-state index contributed by atoms with van der Waals surface area (Å²) >= 11 is 5.18. The summed E-state index contributed by atoms with van der Waals surface area (Å²) in [7, 11) is 0. The van der Waals surface area contributed by atoms with Crippen LogP contribution in [-0.4, -0.2) is 23.5 Å². The minimum Gasteiger partial charge on any atom is -0.493 e. The van der Waals surface area contributed by atoms with E-state index in [1.165, 1.54) is 24.3 Å². The van der Waals surface area contributed by atoms with Gasteiger partial charge in [-0.15, -0.1) is 0 Å². The molecule has 0 aliphatic carbocycles. The molecule has 0 fully saturated rings. The van der Waals surface area contributed by atoms with Crippen LogP contribution in [0, 0.1) is 5.92 Å². The summed E-state index contributed by atoms with van der Waals surface area (Å²) in [6, 6.07) is 17.1. The number of halogens is 3. The van der Waals surface area contributed by atoms with Crippen LogP contribution < -0.4 is 20.7 Å². The van der Waals surface area contributed by atoms with E-state index < -0.39 is 23.6 Å². The Labute approximate surface area is 211 Å². The van der Waals surface area contributed by atoms with Gasteiger partial charge in [-0.1, -0.05) is 19.9 Å². The normalized spacial score (nSPS) is 11.1. The molecule has 0 atom stereocenters. The fraction of sp³-hybridized carbons (Fsp3) is 0.192. The maximum absolute atomic E-state index is 12.9. The van der Waals surface area contributed by atoms with Crippen molar-refractivity contribution in [1.82, 2.24) is 5.32 Å². The fourth-order valence-corrected chi connectivity index (χ4v) is 3.20. The van der Waals surface area contributed by atoms with Crippen LogP contribution in [0.1, 0.15) is 40.1 Å². The van der Waals surface area contributed by atoms with E-state index in [-0.39, 0.29) is 16.4 Å². The monoisotopic (exact) mass is 515 g/mol. The first-order valence-corrected chi connectivity index (χ1v) is 11.4. The van der Waals surface area contributed by atoms with Crippen LogP contribution in [0.5, 0.6) is 5.75 Å². The maximum Gasteiger partial charge on any atom is 0.416 e. The smallest absolute Gasteiger partial charge is 0.416 e. The number of ether oxygens (including phenoxy) is 1. The molecule has 36 heavy (non-hydrogen) atoms. The summed E-state index contributed by atoms with van der Waals surface area (Å²) in [4.78, 5) is 24.8. The SMILES string of the molecule is CC(C)COc1ccc(C(=O)NC(=S)Nc2ccc(C(=O)Nc3cccc(C(F)(F)F)c3)cc2)cc1. The standard InChI is InChI=1S/C26H24F3N3O3S/c1-16(2)15-35-22-12-8-18(9-13-22)24(34)32-25(36)31-20-10-6-17(7-11-20)23(33)30-21-5-3-4-19(14-21)26(27,28)29/h3-14,16H,15H2,1-2H3,(H,30,33)(H2,31,32,34,36). The Bertz CT molecular complexity index is 1230. The van der Waals surface area contributed by atoms with E-state index in [2.05, 4.69) is 16.0 Å². The van der Waals surface area contributed by atoms with E-state index >= 15 is 0 Å². The van der Waals surface area contributed by atoms with Crippen molar-refractivity contribution in [2.45, 2.75) is 20.0 Å². The highest BCUT2D eigenvalue weighted by Gasteiger charge is 2.30. The molecule has 188 valence electrons. The number of alkyl halides is 3. The average Bonchev–Trinajstić information content (AvgIpc) is 2.83. The number of rotatable bonds is 7. The largest absolute Gasteiger partial charge is 0.493 e. The predicted octanol–water partition coefficient (Wildman–Crippen LogP) is 6.12. The van der Waals surface area contributed by atoms with E-state index in [9.17, 15) is 22.8 Å². The Morgan fingerprint density at radius 1 is 0.861 bits per heavy atom. The van der Waals surface area contributed by atoms with Crippen molar-refractivity contribution in [2.75, 3.05) is 17.2 Å². The third-order valence-corrected chi connectivity index (χ3v) is 4.98. The summed E-state index contributed by atoms with van der Waals surface area (Å²) in [5.74, 6) is 0.0749. The lowest BCUT2D eigenvalue weighted by atomic mass is 10.1. The van der Waals surface area contributed by atoms with E-state index in [4.69, 9.17) is 17.0 Å². The molecular weight excluding hydrogens is 491 g/mol. The first kappa shape index (κ1) is 26.7. The van der Waals surface area contributed by atoms with E-state index in [0.29, 0.717) is 29.5 Å². The van der Waals surface area contributed by atoms with Crippen molar-refractivity contribution in [3.05, 3.63) is 89.5 Å². The van der Waals surface area contributed by atoms with Gasteiger partial charge in [0.05, 0.1) is 12.2 Å². The molecule has 0 radical (unpaired) electrons. The third-order valence-electron chi connectivity index (χ3n) is 4.78. The van der Waals surface area contributed by atoms with Crippen LogP contribution in [0.2, 0.25) is 0 Å². The van der Waals surface area contributed by atoms with E-state index in [0.717, 1.165) is 12.1 Å². The van der Waals surface area contributed by atoms with Crippen LogP contribution in [-0.2, 0) is 6.18 Å². The molecule has 0 saturated heterocycles. The second-order valence-corrected chi connectivity index (χ2v) is 8.66. The van der Waals surface area contributed by atoms with Crippen molar-refractivity contribution >= 4 is 40.5 Å². The molecule has 3 N–H and O–H groups in total. The average molecular weight is 516 g/mol. The van der Waals surface area contributed by atoms with Crippen molar-refractivity contribution in [1.29, 1.82) is 0 Å². The van der Waals surface area contributed by atoms with Gasteiger partial charge >= 0.3 is 6.18 Å². The number of carbonyl (C=O) groups is 2. The lowest BCUT2D eigenvalue weighted by Crippen LogP contribution is -2.34. The minimum absolute atomic E-state index is 0.0282. The predicted molar refractivity (Wildman–Crippen MR) is 136 cm³/mol. The molecule has 3 rings (SSSR count). The number of hydrogen-bond acceptors (Lipinski definition) is 4. The van der Waals surface area contributed by atoms with Crippen molar-refractivity contribution < 1.29 is 27.5 Å². The first-order chi connectivity index (χ1) is 17.0. The number of nitrogens with one attached hydrogen (secondary N) is 3. The summed E-state index contributed by atoms with van der Waals surface area (Å²) in [6.45, 7) is 4.66. The van der Waals surface area contributed by atoms with Crippen molar-refractivity contribution in [3.63, 3.8) is 0 Å². The number of anilines is 2. The quantitative estimate of drug-likeness (QED) is 0.331. The molecule has 3 aromatic rings. The van der Waals surface area contributed by atoms with Crippen LogP contribution in [0.25, 0.3) is 0 Å². The molecule has 10 heteroatoms. The van der Waals surface area contributed by atoms with Crippen LogP contribution in [0.4, 0.5) is 24.5 Å². The van der Waals surface area contributed by atoms with Crippen molar-refractivity contribution in [3.8, 4) is 5.75 Å². The molecule has 0 spiro atoms. The molecule has 3 aromatic carbocycles. The molecular formula is C26H24F3N3O3S. The third kappa shape index (κ3) is 7.81. The molecule has 0 bridgehead atoms. The second kappa shape index (κ2) is 11.7. The molecule has 0 aliphatic rings. The highest BCUT2D eigenvalue weighted by atomic mass is 32.1. The Morgan fingerprint density at radius 3 is 2.08 bits per heavy atom. The minimum atomic E-state index is -4.51. The van der Waals surface area contributed by atoms with Gasteiger partial charge in [0.1, 0.15) is 5.75 Å². The number of carbonyl (C=O) groups excluding carboxylic acids is 2. The Kier molecular flexibility index (Phi) is 8.65. The summed E-state index contributed by atoms with van der Waals surface area (Å²) in [5, 5.41) is 7.91. The molecule has 0 aliphatic heterocycles. The zero-order valence-electron chi connectivity index (χ0n) is 19.5. The van der Waals surface area contributed by atoms with Gasteiger partial charge < -0.3 is 15.4 Å². The maximum atomic E-state index is 12.9. The van der Waals surface area contributed by atoms with E-state index in [1.807, 2.05) is 13.8 Å². The number of hydrogen-bond donors (Lipinski definition) is 3. The van der Waals surface area contributed by atoms with Gasteiger partial charge in [-0.3, -0.25) is 14.9 Å². The lowest BCUT2D eigenvalue weighted by Gasteiger charge is -2.12. The van der Waals surface area contributed by atoms with Gasteiger partial charge in [-0.25, -0.2) is 0 Å². The molecule has 0 aromatic heterocycles. The summed E-state index contributed by atoms with van der Waals surface area (Å²) < 4.78 is 44.2. The number of thiocarbonyl (C=S) groups is 1. The van der Waals surface area contributed by atoms with Crippen LogP contribution in [0.3, 0.4) is 0 Å². The topological polar surface area (TPSA) is 79.5 Å². The van der Waals surface area contributed by atoms with Crippen molar-refractivity contribution in [2.24, 2.45) is 5.92 Å². The van der Waals surface area contributed by atoms with Gasteiger partial charge in [0.2, 0.25) is 0 Å². The van der Waals surface area contributed by atoms with Gasteiger partial charge in [0.15, 0.2) is 5.11 Å². The Balaban J connectivity index is 1.53. The molecule has 2 amide bonds. The Hall–Kier alpha value is -3.92. The van der Waals surface area contributed by atoms with Gasteiger partial charge in [0.25, 0.3) is 11.8 Å². The van der Waals surface area contributed by atoms with Gasteiger partial charge in [-0.05, 0) is 84.9 Å². The molecule has 0 heterocycles. The van der Waals surface area contributed by atoms with Crippen LogP contribution in [0.15, 0.2) is 72.8 Å². The summed E-state index contributed by atoms with van der Waals surface area (Å²) in [5.41, 5.74) is 0.310. The second-order valence-electron chi connectivity index (χ2n) is 8.25. The molecule has 0 unspecified atom stereocenters. The Morgan fingerprint density at radius 2 is 1.47 bits per heavy atom. The summed E-state index contributed by atoms with van der Waals surface area (Å²) in [6.07, 6.45) is -4.51. The van der Waals surface area contributed by atoms with Crippen LogP contribution >= 0.6 is 12.2 Å². The molecule has 0 saturated carbocycles.